The van der Waals surface area contributed by atoms with Crippen molar-refractivity contribution in [1.29, 1.82) is 0 Å². The van der Waals surface area contributed by atoms with Crippen LogP contribution in [0.25, 0.3) is 0 Å². The number of rotatable bonds is 2. The van der Waals surface area contributed by atoms with Crippen molar-refractivity contribution in [2.24, 2.45) is 0 Å². The van der Waals surface area contributed by atoms with Crippen molar-refractivity contribution < 1.29 is 0 Å². The van der Waals surface area contributed by atoms with Gasteiger partial charge in [0, 0.05) is 17.3 Å². The van der Waals surface area contributed by atoms with Crippen LogP contribution in [0.2, 0.25) is 0 Å². The molecule has 1 N–H and O–H groups in total. The van der Waals surface area contributed by atoms with Gasteiger partial charge in [0.05, 0.1) is 0 Å². The molecule has 2 aliphatic heterocycles. The van der Waals surface area contributed by atoms with Crippen LogP contribution in [0, 0.1) is 6.92 Å². The van der Waals surface area contributed by atoms with Crippen LogP contribution in [0.4, 0.5) is 0 Å². The van der Waals surface area contributed by atoms with Gasteiger partial charge in [0.1, 0.15) is 5.01 Å². The molecule has 3 nitrogen and oxygen atoms in total. The van der Waals surface area contributed by atoms with Crippen LogP contribution in [-0.4, -0.2) is 27.5 Å². The average molecular weight is 241 g/mol. The molecule has 2 aliphatic rings. The molecule has 2 atom stereocenters. The highest BCUT2D eigenvalue weighted by atomic mass is 32.2. The predicted molar refractivity (Wildman–Crippen MR) is 63.5 cm³/mol. The molecule has 0 radical (unpaired) electrons. The second-order valence-electron chi connectivity index (χ2n) is 4.44. The van der Waals surface area contributed by atoms with Crippen LogP contribution < -0.4 is 5.32 Å². The Morgan fingerprint density at radius 2 is 2.00 bits per heavy atom. The lowest BCUT2D eigenvalue weighted by Gasteiger charge is -2.27. The Morgan fingerprint density at radius 3 is 2.60 bits per heavy atom. The Bertz CT molecular complexity index is 340. The molecule has 5 heteroatoms. The number of aromatic nitrogens is 2. The molecule has 3 rings (SSSR count). The zero-order chi connectivity index (χ0) is 10.3. The maximum atomic E-state index is 4.19. The van der Waals surface area contributed by atoms with Gasteiger partial charge in [-0.1, -0.05) is 23.1 Å². The first-order valence-corrected chi connectivity index (χ1v) is 7.22. The second-order valence-corrected chi connectivity index (χ2v) is 7.17. The maximum absolute atomic E-state index is 4.19. The lowest BCUT2D eigenvalue weighted by Crippen LogP contribution is -2.39. The number of hydrogen-bond acceptors (Lipinski definition) is 5. The molecule has 2 unspecified atom stereocenters. The summed E-state index contributed by atoms with van der Waals surface area (Å²) in [5.41, 5.74) is 0. The van der Waals surface area contributed by atoms with Gasteiger partial charge >= 0.3 is 0 Å². The van der Waals surface area contributed by atoms with Crippen LogP contribution >= 0.6 is 23.1 Å². The summed E-state index contributed by atoms with van der Waals surface area (Å²) in [5, 5.41) is 13.8. The van der Waals surface area contributed by atoms with Gasteiger partial charge in [0.2, 0.25) is 0 Å². The number of piperidine rings is 1. The zero-order valence-corrected chi connectivity index (χ0v) is 10.4. The molecule has 0 amide bonds. The predicted octanol–water partition coefficient (Wildman–Crippen LogP) is 2.22. The Hall–Kier alpha value is -0.130. The van der Waals surface area contributed by atoms with Crippen LogP contribution in [0.15, 0.2) is 4.34 Å². The highest BCUT2D eigenvalue weighted by Gasteiger charge is 2.34. The van der Waals surface area contributed by atoms with E-state index >= 15 is 0 Å². The summed E-state index contributed by atoms with van der Waals surface area (Å²) in [7, 11) is 0. The van der Waals surface area contributed by atoms with Crippen molar-refractivity contribution in [3.05, 3.63) is 5.01 Å². The van der Waals surface area contributed by atoms with Crippen molar-refractivity contribution in [2.45, 2.75) is 54.3 Å². The van der Waals surface area contributed by atoms with E-state index in [0.29, 0.717) is 0 Å². The average Bonchev–Trinajstić information content (AvgIpc) is 2.74. The molecule has 82 valence electrons. The first kappa shape index (κ1) is 10.1. The Labute approximate surface area is 98.1 Å². The topological polar surface area (TPSA) is 37.8 Å². The Balaban J connectivity index is 1.64. The quantitative estimate of drug-likeness (QED) is 0.861. The third kappa shape index (κ3) is 2.19. The van der Waals surface area contributed by atoms with Gasteiger partial charge in [-0.05, 0) is 32.6 Å². The zero-order valence-electron chi connectivity index (χ0n) is 8.77. The molecular weight excluding hydrogens is 226 g/mol. The molecule has 2 saturated heterocycles. The fourth-order valence-electron chi connectivity index (χ4n) is 2.57. The fourth-order valence-corrected chi connectivity index (χ4v) is 4.98. The number of nitrogens with one attached hydrogen (secondary N) is 1. The van der Waals surface area contributed by atoms with Crippen molar-refractivity contribution >= 4 is 23.1 Å². The molecule has 0 spiro atoms. The molecule has 1 aromatic heterocycles. The normalized spacial score (nSPS) is 34.6. The fraction of sp³-hybridized carbons (Fsp3) is 0.800. The Kier molecular flexibility index (Phi) is 2.70. The van der Waals surface area contributed by atoms with Crippen LogP contribution in [-0.2, 0) is 0 Å². The third-order valence-corrected chi connectivity index (χ3v) is 5.38. The molecule has 15 heavy (non-hydrogen) atoms. The first-order chi connectivity index (χ1) is 7.29. The van der Waals surface area contributed by atoms with Crippen LogP contribution in [0.5, 0.6) is 0 Å². The SMILES string of the molecule is Cc1nnc(SC2CC3CCC(C2)N3)s1. The molecular formula is C10H15N3S2. The van der Waals surface area contributed by atoms with Crippen molar-refractivity contribution in [3.8, 4) is 0 Å². The lowest BCUT2D eigenvalue weighted by atomic mass is 10.1. The largest absolute Gasteiger partial charge is 0.311 e. The molecule has 2 fully saturated rings. The summed E-state index contributed by atoms with van der Waals surface area (Å²) in [4.78, 5) is 0. The smallest absolute Gasteiger partial charge is 0.174 e. The second kappa shape index (κ2) is 4.03. The molecule has 3 heterocycles. The van der Waals surface area contributed by atoms with Crippen molar-refractivity contribution in [2.75, 3.05) is 0 Å². The minimum atomic E-state index is 0.760. The first-order valence-electron chi connectivity index (χ1n) is 5.52. The monoisotopic (exact) mass is 241 g/mol. The van der Waals surface area contributed by atoms with Crippen molar-refractivity contribution in [3.63, 3.8) is 0 Å². The van der Waals surface area contributed by atoms with E-state index in [1.165, 1.54) is 25.7 Å². The van der Waals surface area contributed by atoms with Gasteiger partial charge in [0.15, 0.2) is 4.34 Å². The number of nitrogens with zero attached hydrogens (tertiary/aromatic N) is 2. The van der Waals surface area contributed by atoms with Crippen LogP contribution in [0.3, 0.4) is 0 Å². The number of thioether (sulfide) groups is 1. The van der Waals surface area contributed by atoms with E-state index in [1.54, 1.807) is 11.3 Å². The Morgan fingerprint density at radius 1 is 1.27 bits per heavy atom. The summed E-state index contributed by atoms with van der Waals surface area (Å²) < 4.78 is 1.15. The van der Waals surface area contributed by atoms with E-state index in [1.807, 2.05) is 18.7 Å². The molecule has 0 saturated carbocycles. The lowest BCUT2D eigenvalue weighted by molar-refractivity contribution is 0.415. The summed E-state index contributed by atoms with van der Waals surface area (Å²) in [6.07, 6.45) is 5.35. The van der Waals surface area contributed by atoms with Gasteiger partial charge in [-0.15, -0.1) is 10.2 Å². The highest BCUT2D eigenvalue weighted by molar-refractivity contribution is 8.01. The minimum absolute atomic E-state index is 0.760. The van der Waals surface area contributed by atoms with E-state index in [2.05, 4.69) is 15.5 Å². The maximum Gasteiger partial charge on any atom is 0.174 e. The van der Waals surface area contributed by atoms with Crippen LogP contribution in [0.1, 0.15) is 30.7 Å². The molecule has 2 bridgehead atoms. The van der Waals surface area contributed by atoms with Crippen molar-refractivity contribution in [1.82, 2.24) is 15.5 Å². The molecule has 0 aromatic carbocycles. The summed E-state index contributed by atoms with van der Waals surface area (Å²) >= 11 is 3.66. The summed E-state index contributed by atoms with van der Waals surface area (Å²) in [6, 6.07) is 1.55. The molecule has 0 aliphatic carbocycles. The number of fused-ring (bicyclic) bond motifs is 2. The molecule has 1 aromatic rings. The minimum Gasteiger partial charge on any atom is -0.311 e. The van der Waals surface area contributed by atoms with E-state index < -0.39 is 0 Å². The number of hydrogen-bond donors (Lipinski definition) is 1. The number of aryl methyl sites for hydroxylation is 1. The van der Waals surface area contributed by atoms with E-state index in [4.69, 9.17) is 0 Å². The van der Waals surface area contributed by atoms with E-state index in [-0.39, 0.29) is 0 Å². The highest BCUT2D eigenvalue weighted by Crippen LogP contribution is 2.37. The van der Waals surface area contributed by atoms with Gasteiger partial charge in [0.25, 0.3) is 0 Å². The summed E-state index contributed by atoms with van der Waals surface area (Å²) in [5.74, 6) is 0. The third-order valence-electron chi connectivity index (χ3n) is 3.20. The van der Waals surface area contributed by atoms with E-state index in [0.717, 1.165) is 26.7 Å². The summed E-state index contributed by atoms with van der Waals surface area (Å²) in [6.45, 7) is 2.02. The standard InChI is InChI=1S/C10H15N3S2/c1-6-12-13-10(14-6)15-9-4-7-2-3-8(5-9)11-7/h7-9,11H,2-5H2,1H3. The van der Waals surface area contributed by atoms with Gasteiger partial charge in [-0.2, -0.15) is 0 Å². The van der Waals surface area contributed by atoms with Gasteiger partial charge < -0.3 is 5.32 Å². The van der Waals surface area contributed by atoms with E-state index in [9.17, 15) is 0 Å². The van der Waals surface area contributed by atoms with Gasteiger partial charge in [-0.25, -0.2) is 0 Å². The van der Waals surface area contributed by atoms with Gasteiger partial charge in [-0.3, -0.25) is 0 Å².